The number of nitrogens with zero attached hydrogens (tertiary/aromatic N) is 2. The van der Waals surface area contributed by atoms with Crippen LogP contribution < -0.4 is 5.73 Å². The highest BCUT2D eigenvalue weighted by atomic mass is 16.4. The van der Waals surface area contributed by atoms with E-state index < -0.39 is 5.97 Å². The van der Waals surface area contributed by atoms with Gasteiger partial charge in [-0.3, -0.25) is 9.78 Å². The smallest absolute Gasteiger partial charge is 0.338 e. The first kappa shape index (κ1) is 12.5. The van der Waals surface area contributed by atoms with Crippen LogP contribution in [0.15, 0.2) is 18.3 Å². The van der Waals surface area contributed by atoms with Crippen molar-refractivity contribution in [2.45, 2.75) is 18.9 Å². The number of carbonyl (C=O) groups excluding carboxylic acids is 1. The molecule has 0 radical (unpaired) electrons. The number of aromatic nitrogens is 1. The summed E-state index contributed by atoms with van der Waals surface area (Å²) < 4.78 is 0. The molecule has 0 aliphatic carbocycles. The number of carboxylic acid groups (broad SMARTS) is 1. The molecule has 1 amide bonds. The van der Waals surface area contributed by atoms with Gasteiger partial charge in [-0.1, -0.05) is 0 Å². The number of nitrogens with two attached hydrogens (primary N) is 1. The van der Waals surface area contributed by atoms with E-state index in [2.05, 4.69) is 4.98 Å². The maximum Gasteiger partial charge on any atom is 0.338 e. The second-order valence-corrected chi connectivity index (χ2v) is 4.33. The third-order valence-electron chi connectivity index (χ3n) is 3.07. The van der Waals surface area contributed by atoms with Crippen molar-refractivity contribution >= 4 is 11.9 Å². The van der Waals surface area contributed by atoms with Crippen LogP contribution in [0.3, 0.4) is 0 Å². The summed E-state index contributed by atoms with van der Waals surface area (Å²) in [4.78, 5) is 28.7. The molecule has 1 fully saturated rings. The minimum atomic E-state index is -1.14. The van der Waals surface area contributed by atoms with Gasteiger partial charge in [0.05, 0.1) is 5.56 Å². The molecule has 18 heavy (non-hydrogen) atoms. The number of carbonyl (C=O) groups is 2. The van der Waals surface area contributed by atoms with E-state index in [1.807, 2.05) is 0 Å². The summed E-state index contributed by atoms with van der Waals surface area (Å²) in [5.41, 5.74) is 5.71. The van der Waals surface area contributed by atoms with Gasteiger partial charge in [-0.25, -0.2) is 4.79 Å². The Morgan fingerprint density at radius 2 is 2.06 bits per heavy atom. The number of piperidine rings is 1. The number of aromatic carboxylic acids is 1. The van der Waals surface area contributed by atoms with Gasteiger partial charge in [-0.05, 0) is 25.0 Å². The molecule has 1 saturated heterocycles. The van der Waals surface area contributed by atoms with E-state index >= 15 is 0 Å². The predicted octanol–water partition coefficient (Wildman–Crippen LogP) is 0.343. The molecule has 0 spiro atoms. The van der Waals surface area contributed by atoms with Crippen LogP contribution in [0.4, 0.5) is 0 Å². The summed E-state index contributed by atoms with van der Waals surface area (Å²) >= 11 is 0. The zero-order valence-corrected chi connectivity index (χ0v) is 9.87. The van der Waals surface area contributed by atoms with Crippen LogP contribution in [0.1, 0.15) is 33.7 Å². The number of carboxylic acids is 1. The molecule has 0 bridgehead atoms. The standard InChI is InChI=1S/C12H15N3O3/c13-8-3-6-15(7-4-8)11(16)10-9(12(17)18)2-1-5-14-10/h1-2,5,8H,3-4,6-7,13H2,(H,17,18). The first-order chi connectivity index (χ1) is 8.59. The van der Waals surface area contributed by atoms with Crippen LogP contribution in [0.25, 0.3) is 0 Å². The Balaban J connectivity index is 2.21. The van der Waals surface area contributed by atoms with E-state index in [4.69, 9.17) is 10.8 Å². The first-order valence-corrected chi connectivity index (χ1v) is 5.82. The highest BCUT2D eigenvalue weighted by Crippen LogP contribution is 2.14. The van der Waals surface area contributed by atoms with Crippen LogP contribution >= 0.6 is 0 Å². The average molecular weight is 249 g/mol. The van der Waals surface area contributed by atoms with Crippen molar-refractivity contribution in [1.82, 2.24) is 9.88 Å². The molecule has 1 aromatic heterocycles. The van der Waals surface area contributed by atoms with Crippen LogP contribution in [-0.4, -0.2) is 46.0 Å². The Bertz CT molecular complexity index is 467. The maximum absolute atomic E-state index is 12.2. The molecule has 6 nitrogen and oxygen atoms in total. The van der Waals surface area contributed by atoms with Gasteiger partial charge in [0.2, 0.25) is 0 Å². The van der Waals surface area contributed by atoms with E-state index in [0.29, 0.717) is 13.1 Å². The van der Waals surface area contributed by atoms with Gasteiger partial charge in [0.15, 0.2) is 0 Å². The van der Waals surface area contributed by atoms with Gasteiger partial charge in [0.1, 0.15) is 5.69 Å². The molecule has 2 heterocycles. The van der Waals surface area contributed by atoms with Crippen LogP contribution in [0.2, 0.25) is 0 Å². The molecular weight excluding hydrogens is 234 g/mol. The van der Waals surface area contributed by atoms with E-state index in [9.17, 15) is 9.59 Å². The summed E-state index contributed by atoms with van der Waals surface area (Å²) in [6.45, 7) is 1.10. The highest BCUT2D eigenvalue weighted by Gasteiger charge is 2.25. The number of rotatable bonds is 2. The third-order valence-corrected chi connectivity index (χ3v) is 3.07. The minimum Gasteiger partial charge on any atom is -0.478 e. The lowest BCUT2D eigenvalue weighted by atomic mass is 10.0. The number of pyridine rings is 1. The van der Waals surface area contributed by atoms with E-state index in [1.54, 1.807) is 4.90 Å². The van der Waals surface area contributed by atoms with E-state index in [1.165, 1.54) is 18.3 Å². The summed E-state index contributed by atoms with van der Waals surface area (Å²) in [6.07, 6.45) is 2.90. The van der Waals surface area contributed by atoms with Crippen molar-refractivity contribution in [2.75, 3.05) is 13.1 Å². The van der Waals surface area contributed by atoms with Crippen molar-refractivity contribution in [2.24, 2.45) is 5.73 Å². The van der Waals surface area contributed by atoms with E-state index in [0.717, 1.165) is 12.8 Å². The fourth-order valence-corrected chi connectivity index (χ4v) is 2.00. The summed E-state index contributed by atoms with van der Waals surface area (Å²) in [5.74, 6) is -1.47. The fraction of sp³-hybridized carbons (Fsp3) is 0.417. The van der Waals surface area contributed by atoms with Gasteiger partial charge in [0, 0.05) is 25.3 Å². The van der Waals surface area contributed by atoms with E-state index in [-0.39, 0.29) is 23.2 Å². The largest absolute Gasteiger partial charge is 0.478 e. The lowest BCUT2D eigenvalue weighted by Crippen LogP contribution is -2.43. The number of amides is 1. The van der Waals surface area contributed by atoms with Crippen molar-refractivity contribution in [3.05, 3.63) is 29.6 Å². The van der Waals surface area contributed by atoms with Crippen molar-refractivity contribution in [1.29, 1.82) is 0 Å². The Kier molecular flexibility index (Phi) is 3.57. The molecule has 96 valence electrons. The molecule has 0 saturated carbocycles. The predicted molar refractivity (Wildman–Crippen MR) is 64.3 cm³/mol. The normalized spacial score (nSPS) is 16.6. The van der Waals surface area contributed by atoms with Crippen molar-refractivity contribution in [3.8, 4) is 0 Å². The van der Waals surface area contributed by atoms with Gasteiger partial charge < -0.3 is 15.7 Å². The van der Waals surface area contributed by atoms with Gasteiger partial charge in [-0.15, -0.1) is 0 Å². The zero-order chi connectivity index (χ0) is 13.1. The quantitative estimate of drug-likeness (QED) is 0.788. The van der Waals surface area contributed by atoms with Crippen molar-refractivity contribution < 1.29 is 14.7 Å². The topological polar surface area (TPSA) is 96.5 Å². The second-order valence-electron chi connectivity index (χ2n) is 4.33. The Morgan fingerprint density at radius 3 is 2.67 bits per heavy atom. The third kappa shape index (κ3) is 2.48. The van der Waals surface area contributed by atoms with Gasteiger partial charge in [-0.2, -0.15) is 0 Å². The average Bonchev–Trinajstić information content (AvgIpc) is 2.39. The number of hydrogen-bond acceptors (Lipinski definition) is 4. The molecule has 6 heteroatoms. The lowest BCUT2D eigenvalue weighted by molar-refractivity contribution is 0.0658. The molecular formula is C12H15N3O3. The van der Waals surface area contributed by atoms with Gasteiger partial charge >= 0.3 is 5.97 Å². The van der Waals surface area contributed by atoms with Crippen molar-refractivity contribution in [3.63, 3.8) is 0 Å². The Morgan fingerprint density at radius 1 is 1.39 bits per heavy atom. The summed E-state index contributed by atoms with van der Waals surface area (Å²) in [5, 5.41) is 9.02. The molecule has 3 N–H and O–H groups in total. The SMILES string of the molecule is NC1CCN(C(=O)c2ncccc2C(=O)O)CC1. The fourth-order valence-electron chi connectivity index (χ4n) is 2.00. The first-order valence-electron chi connectivity index (χ1n) is 5.82. The monoisotopic (exact) mass is 249 g/mol. The van der Waals surface area contributed by atoms with Crippen LogP contribution in [-0.2, 0) is 0 Å². The molecule has 1 aliphatic rings. The van der Waals surface area contributed by atoms with Crippen LogP contribution in [0.5, 0.6) is 0 Å². The summed E-state index contributed by atoms with van der Waals surface area (Å²) in [6, 6.07) is 3.02. The Labute approximate surface area is 104 Å². The molecule has 0 atom stereocenters. The number of likely N-dealkylation sites (tertiary alicyclic amines) is 1. The molecule has 0 aromatic carbocycles. The molecule has 0 unspecified atom stereocenters. The van der Waals surface area contributed by atoms with Gasteiger partial charge in [0.25, 0.3) is 5.91 Å². The molecule has 2 rings (SSSR count). The molecule has 1 aliphatic heterocycles. The minimum absolute atomic E-state index is 0.000437. The van der Waals surface area contributed by atoms with Crippen LogP contribution in [0, 0.1) is 0 Å². The lowest BCUT2D eigenvalue weighted by Gasteiger charge is -2.30. The second kappa shape index (κ2) is 5.14. The zero-order valence-electron chi connectivity index (χ0n) is 9.87. The number of hydrogen-bond donors (Lipinski definition) is 2. The maximum atomic E-state index is 12.2. The highest BCUT2D eigenvalue weighted by molar-refractivity contribution is 6.03. The molecule has 1 aromatic rings. The Hall–Kier alpha value is -1.95. The summed E-state index contributed by atoms with van der Waals surface area (Å²) in [7, 11) is 0.